The SMILES string of the molecule is Cc1ccc(OCc2nc(CC(=O)N3CCCC3C(=O)O)cs2)cc1. The van der Waals surface area contributed by atoms with E-state index in [0.29, 0.717) is 25.3 Å². The minimum atomic E-state index is -0.934. The molecule has 7 heteroatoms. The topological polar surface area (TPSA) is 79.7 Å². The summed E-state index contributed by atoms with van der Waals surface area (Å²) in [6.45, 7) is 2.87. The van der Waals surface area contributed by atoms with Crippen molar-refractivity contribution in [1.29, 1.82) is 0 Å². The van der Waals surface area contributed by atoms with Crippen molar-refractivity contribution in [2.24, 2.45) is 0 Å². The Balaban J connectivity index is 1.55. The fourth-order valence-electron chi connectivity index (χ4n) is 2.85. The van der Waals surface area contributed by atoms with Gasteiger partial charge in [0.25, 0.3) is 0 Å². The number of amides is 1. The molecule has 1 atom stereocenters. The third-order valence-corrected chi connectivity index (χ3v) is 5.04. The van der Waals surface area contributed by atoms with Crippen LogP contribution in [0.2, 0.25) is 0 Å². The first-order chi connectivity index (χ1) is 12.0. The number of hydrogen-bond donors (Lipinski definition) is 1. The molecule has 0 saturated carbocycles. The molecule has 2 heterocycles. The van der Waals surface area contributed by atoms with Crippen molar-refractivity contribution in [3.05, 3.63) is 45.9 Å². The number of nitrogens with zero attached hydrogens (tertiary/aromatic N) is 2. The van der Waals surface area contributed by atoms with Gasteiger partial charge < -0.3 is 14.7 Å². The van der Waals surface area contributed by atoms with Gasteiger partial charge in [-0.1, -0.05) is 17.7 Å². The lowest BCUT2D eigenvalue weighted by Crippen LogP contribution is -2.41. The molecule has 0 bridgehead atoms. The van der Waals surface area contributed by atoms with E-state index < -0.39 is 12.0 Å². The Bertz CT molecular complexity index is 757. The predicted octanol–water partition coefficient (Wildman–Crippen LogP) is 2.65. The maximum Gasteiger partial charge on any atom is 0.326 e. The highest BCUT2D eigenvalue weighted by Crippen LogP contribution is 2.20. The molecule has 25 heavy (non-hydrogen) atoms. The van der Waals surface area contributed by atoms with Gasteiger partial charge in [0, 0.05) is 11.9 Å². The van der Waals surface area contributed by atoms with Gasteiger partial charge >= 0.3 is 5.97 Å². The van der Waals surface area contributed by atoms with E-state index in [4.69, 9.17) is 4.74 Å². The number of thiazole rings is 1. The van der Waals surface area contributed by atoms with Crippen molar-refractivity contribution >= 4 is 23.2 Å². The van der Waals surface area contributed by atoms with Crippen LogP contribution in [0.4, 0.5) is 0 Å². The van der Waals surface area contributed by atoms with Gasteiger partial charge in [0.05, 0.1) is 12.1 Å². The molecule has 1 aromatic heterocycles. The van der Waals surface area contributed by atoms with Gasteiger partial charge in [0.15, 0.2) is 0 Å². The van der Waals surface area contributed by atoms with Crippen molar-refractivity contribution in [2.45, 2.75) is 38.8 Å². The van der Waals surface area contributed by atoms with Crippen LogP contribution in [0, 0.1) is 6.92 Å². The molecule has 1 unspecified atom stereocenters. The highest BCUT2D eigenvalue weighted by molar-refractivity contribution is 7.09. The summed E-state index contributed by atoms with van der Waals surface area (Å²) in [4.78, 5) is 29.4. The van der Waals surface area contributed by atoms with E-state index in [1.807, 2.05) is 36.6 Å². The lowest BCUT2D eigenvalue weighted by Gasteiger charge is -2.20. The standard InChI is InChI=1S/C18H20N2O4S/c1-12-4-6-14(7-5-12)24-10-16-19-13(11-25-16)9-17(21)20-8-2-3-15(20)18(22)23/h4-7,11,15H,2-3,8-10H2,1H3,(H,22,23). The second-order valence-corrected chi connectivity index (χ2v) is 7.04. The average Bonchev–Trinajstić information content (AvgIpc) is 3.23. The molecule has 1 aliphatic heterocycles. The van der Waals surface area contributed by atoms with E-state index in [9.17, 15) is 14.7 Å². The molecule has 0 radical (unpaired) electrons. The molecule has 1 amide bonds. The molecule has 1 fully saturated rings. The third-order valence-electron chi connectivity index (χ3n) is 4.17. The van der Waals surface area contributed by atoms with Crippen molar-refractivity contribution in [2.75, 3.05) is 6.54 Å². The molecule has 0 aliphatic carbocycles. The summed E-state index contributed by atoms with van der Waals surface area (Å²) >= 11 is 1.44. The first kappa shape index (κ1) is 17.4. The number of carbonyl (C=O) groups excluding carboxylic acids is 1. The van der Waals surface area contributed by atoms with Crippen LogP contribution >= 0.6 is 11.3 Å². The van der Waals surface area contributed by atoms with Gasteiger partial charge in [0.1, 0.15) is 23.4 Å². The summed E-state index contributed by atoms with van der Waals surface area (Å²) in [6.07, 6.45) is 1.38. The van der Waals surface area contributed by atoms with Crippen LogP contribution < -0.4 is 4.74 Å². The number of carbonyl (C=O) groups is 2. The van der Waals surface area contributed by atoms with Crippen LogP contribution in [0.1, 0.15) is 29.1 Å². The number of likely N-dealkylation sites (tertiary alicyclic amines) is 1. The van der Waals surface area contributed by atoms with Crippen LogP contribution in [0.5, 0.6) is 5.75 Å². The van der Waals surface area contributed by atoms with E-state index >= 15 is 0 Å². The number of hydrogen-bond acceptors (Lipinski definition) is 5. The van der Waals surface area contributed by atoms with Gasteiger partial charge in [-0.3, -0.25) is 4.79 Å². The average molecular weight is 360 g/mol. The molecule has 132 valence electrons. The van der Waals surface area contributed by atoms with Crippen molar-refractivity contribution < 1.29 is 19.4 Å². The Hall–Kier alpha value is -2.41. The zero-order chi connectivity index (χ0) is 17.8. The summed E-state index contributed by atoms with van der Waals surface area (Å²) in [5.74, 6) is -0.336. The van der Waals surface area contributed by atoms with Crippen LogP contribution in [-0.2, 0) is 22.6 Å². The third kappa shape index (κ3) is 4.36. The van der Waals surface area contributed by atoms with Crippen LogP contribution in [0.25, 0.3) is 0 Å². The molecule has 6 nitrogen and oxygen atoms in total. The monoisotopic (exact) mass is 360 g/mol. The van der Waals surface area contributed by atoms with Gasteiger partial charge in [0.2, 0.25) is 5.91 Å². The first-order valence-electron chi connectivity index (χ1n) is 8.18. The molecule has 1 aliphatic rings. The summed E-state index contributed by atoms with van der Waals surface area (Å²) in [6, 6.07) is 7.09. The number of carboxylic acids is 1. The number of aliphatic carboxylic acids is 1. The lowest BCUT2D eigenvalue weighted by atomic mass is 10.2. The maximum atomic E-state index is 12.3. The minimum Gasteiger partial charge on any atom is -0.486 e. The van der Waals surface area contributed by atoms with E-state index in [-0.39, 0.29) is 12.3 Å². The van der Waals surface area contributed by atoms with Crippen molar-refractivity contribution in [1.82, 2.24) is 9.88 Å². The zero-order valence-electron chi connectivity index (χ0n) is 14.0. The molecule has 1 aromatic carbocycles. The predicted molar refractivity (Wildman–Crippen MR) is 93.7 cm³/mol. The molecule has 2 aromatic rings. The number of benzene rings is 1. The Labute approximate surface area is 150 Å². The molecule has 0 spiro atoms. The van der Waals surface area contributed by atoms with Crippen molar-refractivity contribution in [3.63, 3.8) is 0 Å². The molecular weight excluding hydrogens is 340 g/mol. The fourth-order valence-corrected chi connectivity index (χ4v) is 3.56. The summed E-state index contributed by atoms with van der Waals surface area (Å²) in [7, 11) is 0. The second-order valence-electron chi connectivity index (χ2n) is 6.09. The number of rotatable bonds is 6. The Morgan fingerprint density at radius 1 is 1.36 bits per heavy atom. The summed E-state index contributed by atoms with van der Waals surface area (Å²) < 4.78 is 5.69. The van der Waals surface area contributed by atoms with E-state index in [1.165, 1.54) is 21.8 Å². The number of aryl methyl sites for hydroxylation is 1. The first-order valence-corrected chi connectivity index (χ1v) is 9.06. The van der Waals surface area contributed by atoms with Crippen LogP contribution in [-0.4, -0.2) is 39.5 Å². The van der Waals surface area contributed by atoms with E-state index in [2.05, 4.69) is 4.98 Å². The van der Waals surface area contributed by atoms with Gasteiger partial charge in [-0.2, -0.15) is 0 Å². The molecule has 1 N–H and O–H groups in total. The lowest BCUT2D eigenvalue weighted by molar-refractivity contribution is -0.148. The number of carboxylic acid groups (broad SMARTS) is 1. The van der Waals surface area contributed by atoms with E-state index in [1.54, 1.807) is 0 Å². The normalized spacial score (nSPS) is 16.8. The van der Waals surface area contributed by atoms with Crippen LogP contribution in [0.15, 0.2) is 29.6 Å². The minimum absolute atomic E-state index is 0.130. The highest BCUT2D eigenvalue weighted by Gasteiger charge is 2.33. The smallest absolute Gasteiger partial charge is 0.326 e. The van der Waals surface area contributed by atoms with Crippen LogP contribution in [0.3, 0.4) is 0 Å². The maximum absolute atomic E-state index is 12.3. The number of aromatic nitrogens is 1. The summed E-state index contributed by atoms with van der Waals surface area (Å²) in [5, 5.41) is 11.8. The van der Waals surface area contributed by atoms with Gasteiger partial charge in [-0.05, 0) is 31.9 Å². The highest BCUT2D eigenvalue weighted by atomic mass is 32.1. The molecular formula is C18H20N2O4S. The second kappa shape index (κ2) is 7.65. The quantitative estimate of drug-likeness (QED) is 0.857. The molecule has 3 rings (SSSR count). The zero-order valence-corrected chi connectivity index (χ0v) is 14.8. The Morgan fingerprint density at radius 2 is 2.12 bits per heavy atom. The summed E-state index contributed by atoms with van der Waals surface area (Å²) in [5.41, 5.74) is 1.83. The number of ether oxygens (including phenoxy) is 1. The fraction of sp³-hybridized carbons (Fsp3) is 0.389. The Kier molecular flexibility index (Phi) is 5.33. The van der Waals surface area contributed by atoms with Gasteiger partial charge in [-0.25, -0.2) is 9.78 Å². The van der Waals surface area contributed by atoms with Crippen molar-refractivity contribution in [3.8, 4) is 5.75 Å². The van der Waals surface area contributed by atoms with E-state index in [0.717, 1.165) is 17.2 Å². The largest absolute Gasteiger partial charge is 0.486 e. The Morgan fingerprint density at radius 3 is 2.84 bits per heavy atom. The van der Waals surface area contributed by atoms with Gasteiger partial charge in [-0.15, -0.1) is 11.3 Å². The molecule has 1 saturated heterocycles.